The topological polar surface area (TPSA) is 99.2 Å². The molecule has 1 aliphatic heterocycles. The third-order valence-corrected chi connectivity index (χ3v) is 4.96. The molecule has 0 spiro atoms. The molecule has 148 valence electrons. The molecule has 0 radical (unpaired) electrons. The van der Waals surface area contributed by atoms with Crippen LogP contribution in [0.5, 0.6) is 0 Å². The van der Waals surface area contributed by atoms with Crippen molar-refractivity contribution >= 4 is 39.5 Å². The summed E-state index contributed by atoms with van der Waals surface area (Å²) in [6.07, 6.45) is 5.41. The zero-order chi connectivity index (χ0) is 19.8. The first-order valence-electron chi connectivity index (χ1n) is 9.22. The smallest absolute Gasteiger partial charge is 0.319 e. The second-order valence-corrected chi connectivity index (χ2v) is 7.43. The number of hydrogen-bond acceptors (Lipinski definition) is 5. The molecule has 2 aromatic rings. The molecule has 3 rings (SSSR count). The van der Waals surface area contributed by atoms with Crippen molar-refractivity contribution in [3.63, 3.8) is 0 Å². The number of aromatic nitrogens is 2. The molecule has 0 unspecified atom stereocenters. The molecule has 1 saturated heterocycles. The number of urea groups is 1. The number of amides is 3. The molecule has 8 nitrogen and oxygen atoms in total. The van der Waals surface area contributed by atoms with Gasteiger partial charge in [0.2, 0.25) is 11.9 Å². The zero-order valence-corrected chi connectivity index (χ0v) is 17.0. The lowest BCUT2D eigenvalue weighted by Crippen LogP contribution is -2.45. The zero-order valence-electron chi connectivity index (χ0n) is 15.4. The van der Waals surface area contributed by atoms with Crippen LogP contribution in [0.3, 0.4) is 0 Å². The van der Waals surface area contributed by atoms with Crippen LogP contribution in [0.1, 0.15) is 19.3 Å². The van der Waals surface area contributed by atoms with Crippen LogP contribution >= 0.6 is 15.9 Å². The molecule has 28 heavy (non-hydrogen) atoms. The minimum absolute atomic E-state index is 0.0571. The summed E-state index contributed by atoms with van der Waals surface area (Å²) in [5.74, 6) is 0.673. The first kappa shape index (κ1) is 20.1. The van der Waals surface area contributed by atoms with Crippen LogP contribution in [0.25, 0.3) is 0 Å². The van der Waals surface area contributed by atoms with Gasteiger partial charge in [0, 0.05) is 54.7 Å². The van der Waals surface area contributed by atoms with Crippen molar-refractivity contribution in [1.29, 1.82) is 0 Å². The first-order chi connectivity index (χ1) is 13.6. The van der Waals surface area contributed by atoms with Crippen LogP contribution in [0.15, 0.2) is 47.2 Å². The van der Waals surface area contributed by atoms with E-state index in [9.17, 15) is 9.59 Å². The van der Waals surface area contributed by atoms with E-state index in [1.807, 2.05) is 12.1 Å². The number of carbonyl (C=O) groups is 2. The number of halogens is 1. The summed E-state index contributed by atoms with van der Waals surface area (Å²) in [5, 5.41) is 8.46. The van der Waals surface area contributed by atoms with Gasteiger partial charge in [-0.2, -0.15) is 0 Å². The molecular weight excluding hydrogens is 424 g/mol. The minimum Gasteiger partial charge on any atom is -0.353 e. The predicted octanol–water partition coefficient (Wildman–Crippen LogP) is 2.54. The maximum Gasteiger partial charge on any atom is 0.319 e. The van der Waals surface area contributed by atoms with Gasteiger partial charge in [-0.1, -0.05) is 15.9 Å². The molecule has 2 heterocycles. The van der Waals surface area contributed by atoms with Crippen molar-refractivity contribution in [3.05, 3.63) is 47.2 Å². The quantitative estimate of drug-likeness (QED) is 0.632. The molecule has 3 N–H and O–H groups in total. The van der Waals surface area contributed by atoms with Gasteiger partial charge in [-0.15, -0.1) is 0 Å². The van der Waals surface area contributed by atoms with Gasteiger partial charge in [0.15, 0.2) is 0 Å². The highest BCUT2D eigenvalue weighted by Crippen LogP contribution is 2.15. The van der Waals surface area contributed by atoms with Crippen molar-refractivity contribution in [1.82, 2.24) is 20.6 Å². The van der Waals surface area contributed by atoms with E-state index in [2.05, 4.69) is 46.7 Å². The van der Waals surface area contributed by atoms with E-state index in [1.54, 1.807) is 30.6 Å². The van der Waals surface area contributed by atoms with Gasteiger partial charge in [-0.3, -0.25) is 4.79 Å². The molecule has 3 amide bonds. The number of nitrogens with zero attached hydrogens (tertiary/aromatic N) is 3. The first-order valence-corrected chi connectivity index (χ1v) is 10.0. The third kappa shape index (κ3) is 6.19. The van der Waals surface area contributed by atoms with Crippen LogP contribution in [0.2, 0.25) is 0 Å². The van der Waals surface area contributed by atoms with Crippen LogP contribution < -0.4 is 20.9 Å². The van der Waals surface area contributed by atoms with Gasteiger partial charge in [0.05, 0.1) is 0 Å². The molecule has 0 aliphatic carbocycles. The fourth-order valence-electron chi connectivity index (χ4n) is 2.98. The number of anilines is 2. The molecule has 1 aromatic heterocycles. The van der Waals surface area contributed by atoms with Gasteiger partial charge < -0.3 is 20.9 Å². The van der Waals surface area contributed by atoms with E-state index >= 15 is 0 Å². The molecule has 9 heteroatoms. The Morgan fingerprint density at radius 1 is 1.11 bits per heavy atom. The average molecular weight is 447 g/mol. The van der Waals surface area contributed by atoms with E-state index in [1.165, 1.54) is 0 Å². The molecular formula is C19H23BrN6O2. The van der Waals surface area contributed by atoms with Crippen molar-refractivity contribution < 1.29 is 9.59 Å². The summed E-state index contributed by atoms with van der Waals surface area (Å²) in [5.41, 5.74) is 0.694. The molecule has 1 aromatic carbocycles. The van der Waals surface area contributed by atoms with E-state index in [4.69, 9.17) is 0 Å². The number of benzene rings is 1. The average Bonchev–Trinajstić information content (AvgIpc) is 2.71. The number of piperidine rings is 1. The Balaban J connectivity index is 1.31. The molecule has 0 bridgehead atoms. The van der Waals surface area contributed by atoms with Gasteiger partial charge in [0.1, 0.15) is 0 Å². The number of hydrogen-bond donors (Lipinski definition) is 3. The van der Waals surface area contributed by atoms with E-state index in [0.29, 0.717) is 5.69 Å². The summed E-state index contributed by atoms with van der Waals surface area (Å²) in [6.45, 7) is 1.90. The fraction of sp³-hybridized carbons (Fsp3) is 0.368. The normalized spacial score (nSPS) is 14.4. The number of rotatable bonds is 6. The Kier molecular flexibility index (Phi) is 7.18. The van der Waals surface area contributed by atoms with E-state index in [0.717, 1.165) is 36.4 Å². The molecule has 1 fully saturated rings. The summed E-state index contributed by atoms with van der Waals surface area (Å²) >= 11 is 3.34. The molecule has 1 aliphatic rings. The van der Waals surface area contributed by atoms with Crippen molar-refractivity contribution in [2.45, 2.75) is 25.3 Å². The SMILES string of the molecule is O=C(CCNC(=O)Nc1ccc(Br)cc1)NC1CCN(c2ncccn2)CC1. The van der Waals surface area contributed by atoms with Gasteiger partial charge in [0.25, 0.3) is 0 Å². The van der Waals surface area contributed by atoms with Gasteiger partial charge >= 0.3 is 6.03 Å². The Labute approximate surface area is 172 Å². The monoisotopic (exact) mass is 446 g/mol. The van der Waals surface area contributed by atoms with Crippen molar-refractivity contribution in [2.75, 3.05) is 29.9 Å². The molecule has 0 atom stereocenters. The van der Waals surface area contributed by atoms with E-state index in [-0.39, 0.29) is 30.9 Å². The number of nitrogens with one attached hydrogen (secondary N) is 3. The van der Waals surface area contributed by atoms with Crippen LogP contribution in [-0.2, 0) is 4.79 Å². The summed E-state index contributed by atoms with van der Waals surface area (Å²) in [7, 11) is 0. The highest BCUT2D eigenvalue weighted by Gasteiger charge is 2.21. The minimum atomic E-state index is -0.328. The Morgan fingerprint density at radius 2 is 1.79 bits per heavy atom. The Hall–Kier alpha value is -2.68. The summed E-state index contributed by atoms with van der Waals surface area (Å²) in [4.78, 5) is 34.6. The lowest BCUT2D eigenvalue weighted by molar-refractivity contribution is -0.121. The fourth-order valence-corrected chi connectivity index (χ4v) is 3.24. The second-order valence-electron chi connectivity index (χ2n) is 6.52. The van der Waals surface area contributed by atoms with E-state index < -0.39 is 0 Å². The standard InChI is InChI=1S/C19H23BrN6O2/c20-14-2-4-15(5-3-14)25-19(28)23-11-6-17(27)24-16-7-12-26(13-8-16)18-21-9-1-10-22-18/h1-5,9-10,16H,6-8,11-13H2,(H,24,27)(H2,23,25,28). The highest BCUT2D eigenvalue weighted by molar-refractivity contribution is 9.10. The number of carbonyl (C=O) groups excluding carboxylic acids is 2. The lowest BCUT2D eigenvalue weighted by atomic mass is 10.1. The largest absolute Gasteiger partial charge is 0.353 e. The van der Waals surface area contributed by atoms with Crippen LogP contribution in [-0.4, -0.2) is 47.6 Å². The van der Waals surface area contributed by atoms with Crippen molar-refractivity contribution in [2.24, 2.45) is 0 Å². The Bertz CT molecular complexity index is 779. The molecule has 0 saturated carbocycles. The third-order valence-electron chi connectivity index (χ3n) is 4.43. The highest BCUT2D eigenvalue weighted by atomic mass is 79.9. The van der Waals surface area contributed by atoms with Gasteiger partial charge in [-0.25, -0.2) is 14.8 Å². The second kappa shape index (κ2) is 10.0. The maximum atomic E-state index is 12.1. The Morgan fingerprint density at radius 3 is 2.46 bits per heavy atom. The summed E-state index contributed by atoms with van der Waals surface area (Å²) < 4.78 is 0.942. The predicted molar refractivity (Wildman–Crippen MR) is 111 cm³/mol. The van der Waals surface area contributed by atoms with Crippen LogP contribution in [0.4, 0.5) is 16.4 Å². The summed E-state index contributed by atoms with van der Waals surface area (Å²) in [6, 6.07) is 8.89. The lowest BCUT2D eigenvalue weighted by Gasteiger charge is -2.32. The maximum absolute atomic E-state index is 12.1. The van der Waals surface area contributed by atoms with Crippen molar-refractivity contribution in [3.8, 4) is 0 Å². The van der Waals surface area contributed by atoms with Gasteiger partial charge in [-0.05, 0) is 43.2 Å². The van der Waals surface area contributed by atoms with Crippen LogP contribution in [0, 0.1) is 0 Å².